The first-order valence-corrected chi connectivity index (χ1v) is 8.97. The highest BCUT2D eigenvalue weighted by Crippen LogP contribution is 2.10. The number of unbranched alkanes of at least 4 members (excludes halogenated alkanes) is 8. The standard InChI is InChI=1S/C12H24O2.2C3H6O2/c1-2-3-4-5-6-7-8-9-10-11-12(13)14;2*1-2-3(4)5/h2-11H2,1H3,(H,13,14);2*2H2,1H3,(H,4,5). The Morgan fingerprint density at radius 3 is 1.08 bits per heavy atom. The van der Waals surface area contributed by atoms with Gasteiger partial charge in [0.25, 0.3) is 0 Å². The minimum Gasteiger partial charge on any atom is -0.481 e. The van der Waals surface area contributed by atoms with Crippen LogP contribution in [0.2, 0.25) is 0 Å². The second-order valence-electron chi connectivity index (χ2n) is 5.47. The summed E-state index contributed by atoms with van der Waals surface area (Å²) in [7, 11) is 0. The van der Waals surface area contributed by atoms with Crippen molar-refractivity contribution in [2.75, 3.05) is 0 Å². The molecular formula is C18H36O6. The van der Waals surface area contributed by atoms with Crippen molar-refractivity contribution in [3.05, 3.63) is 0 Å². The van der Waals surface area contributed by atoms with Crippen molar-refractivity contribution in [2.24, 2.45) is 0 Å². The second-order valence-corrected chi connectivity index (χ2v) is 5.47. The van der Waals surface area contributed by atoms with Crippen LogP contribution in [0.1, 0.15) is 97.8 Å². The Kier molecular flexibility index (Phi) is 26.9. The zero-order chi connectivity index (χ0) is 19.2. The highest BCUT2D eigenvalue weighted by Gasteiger charge is 1.96. The molecule has 0 aromatic rings. The Balaban J connectivity index is -0.000000361. The third kappa shape index (κ3) is 42.8. The van der Waals surface area contributed by atoms with Gasteiger partial charge in [-0.3, -0.25) is 14.4 Å². The molecule has 0 aromatic carbocycles. The summed E-state index contributed by atoms with van der Waals surface area (Å²) in [5, 5.41) is 23.9. The fourth-order valence-corrected chi connectivity index (χ4v) is 1.59. The zero-order valence-electron chi connectivity index (χ0n) is 15.6. The molecule has 0 rings (SSSR count). The summed E-state index contributed by atoms with van der Waals surface area (Å²) in [4.78, 5) is 28.9. The molecule has 144 valence electrons. The van der Waals surface area contributed by atoms with E-state index in [9.17, 15) is 14.4 Å². The molecule has 0 fully saturated rings. The molecule has 0 bridgehead atoms. The fourth-order valence-electron chi connectivity index (χ4n) is 1.59. The average Bonchev–Trinajstić information content (AvgIpc) is 2.54. The lowest BCUT2D eigenvalue weighted by atomic mass is 10.1. The van der Waals surface area contributed by atoms with Crippen LogP contribution >= 0.6 is 0 Å². The van der Waals surface area contributed by atoms with Gasteiger partial charge >= 0.3 is 17.9 Å². The van der Waals surface area contributed by atoms with Crippen LogP contribution in [0.3, 0.4) is 0 Å². The molecule has 6 nitrogen and oxygen atoms in total. The number of aliphatic carboxylic acids is 3. The van der Waals surface area contributed by atoms with E-state index in [1.165, 1.54) is 44.9 Å². The van der Waals surface area contributed by atoms with Crippen molar-refractivity contribution in [1.29, 1.82) is 0 Å². The summed E-state index contributed by atoms with van der Waals surface area (Å²) in [6.07, 6.45) is 11.9. The highest BCUT2D eigenvalue weighted by atomic mass is 16.4. The molecule has 0 unspecified atom stereocenters. The normalized spacial score (nSPS) is 9.12. The topological polar surface area (TPSA) is 112 Å². The van der Waals surface area contributed by atoms with E-state index in [0.29, 0.717) is 6.42 Å². The van der Waals surface area contributed by atoms with Crippen molar-refractivity contribution in [3.63, 3.8) is 0 Å². The molecule has 0 radical (unpaired) electrons. The van der Waals surface area contributed by atoms with E-state index < -0.39 is 17.9 Å². The van der Waals surface area contributed by atoms with Gasteiger partial charge in [-0.1, -0.05) is 72.1 Å². The van der Waals surface area contributed by atoms with Crippen LogP contribution in [0.15, 0.2) is 0 Å². The maximum Gasteiger partial charge on any atom is 0.303 e. The third-order valence-corrected chi connectivity index (χ3v) is 3.10. The van der Waals surface area contributed by atoms with Crippen LogP contribution < -0.4 is 0 Å². The Bertz CT molecular complexity index is 288. The summed E-state index contributed by atoms with van der Waals surface area (Å²) in [6, 6.07) is 0. The van der Waals surface area contributed by atoms with Gasteiger partial charge in [-0.15, -0.1) is 0 Å². The molecule has 24 heavy (non-hydrogen) atoms. The number of carboxylic acid groups (broad SMARTS) is 3. The van der Waals surface area contributed by atoms with Crippen LogP contribution in [0.4, 0.5) is 0 Å². The first-order valence-electron chi connectivity index (χ1n) is 8.97. The third-order valence-electron chi connectivity index (χ3n) is 3.10. The lowest BCUT2D eigenvalue weighted by Gasteiger charge is -2.00. The zero-order valence-corrected chi connectivity index (χ0v) is 15.6. The molecule has 6 heteroatoms. The number of carboxylic acids is 3. The fraction of sp³-hybridized carbons (Fsp3) is 0.833. The minimum atomic E-state index is -0.745. The number of hydrogen-bond acceptors (Lipinski definition) is 3. The van der Waals surface area contributed by atoms with E-state index >= 15 is 0 Å². The minimum absolute atomic E-state index is 0.222. The summed E-state index contributed by atoms with van der Waals surface area (Å²) in [6.45, 7) is 5.43. The molecule has 0 aromatic heterocycles. The van der Waals surface area contributed by atoms with Crippen LogP contribution in [-0.4, -0.2) is 33.2 Å². The summed E-state index contributed by atoms with van der Waals surface area (Å²) < 4.78 is 0. The van der Waals surface area contributed by atoms with E-state index in [1.807, 2.05) is 0 Å². The maximum absolute atomic E-state index is 10.2. The van der Waals surface area contributed by atoms with Crippen LogP contribution in [0, 0.1) is 0 Å². The highest BCUT2D eigenvalue weighted by molar-refractivity contribution is 5.66. The van der Waals surface area contributed by atoms with Crippen molar-refractivity contribution >= 4 is 17.9 Å². The molecule has 0 aliphatic rings. The summed E-state index contributed by atoms with van der Waals surface area (Å²) >= 11 is 0. The van der Waals surface area contributed by atoms with Gasteiger partial charge in [0.05, 0.1) is 0 Å². The van der Waals surface area contributed by atoms with Gasteiger partial charge < -0.3 is 15.3 Å². The lowest BCUT2D eigenvalue weighted by Crippen LogP contribution is -1.93. The smallest absolute Gasteiger partial charge is 0.303 e. The van der Waals surface area contributed by atoms with Gasteiger partial charge in [-0.05, 0) is 6.42 Å². The van der Waals surface area contributed by atoms with E-state index in [4.69, 9.17) is 15.3 Å². The van der Waals surface area contributed by atoms with Crippen molar-refractivity contribution in [3.8, 4) is 0 Å². The molecule has 0 amide bonds. The van der Waals surface area contributed by atoms with Gasteiger partial charge in [0.2, 0.25) is 0 Å². The Hall–Kier alpha value is -1.59. The van der Waals surface area contributed by atoms with Crippen LogP contribution in [0.5, 0.6) is 0 Å². The van der Waals surface area contributed by atoms with E-state index in [0.717, 1.165) is 12.8 Å². The van der Waals surface area contributed by atoms with Gasteiger partial charge in [0.15, 0.2) is 0 Å². The predicted octanol–water partition coefficient (Wildman–Crippen LogP) is 4.95. The Morgan fingerprint density at radius 1 is 0.542 bits per heavy atom. The number of rotatable bonds is 12. The SMILES string of the molecule is CCC(=O)O.CCC(=O)O.CCCCCCCCCCCC(=O)O. The number of hydrogen-bond donors (Lipinski definition) is 3. The van der Waals surface area contributed by atoms with Crippen LogP contribution in [-0.2, 0) is 14.4 Å². The molecular weight excluding hydrogens is 312 g/mol. The average molecular weight is 348 g/mol. The summed E-state index contributed by atoms with van der Waals surface area (Å²) in [5.74, 6) is -2.15. The predicted molar refractivity (Wildman–Crippen MR) is 95.3 cm³/mol. The quantitative estimate of drug-likeness (QED) is 0.430. The Labute approximate surface area is 146 Å². The van der Waals surface area contributed by atoms with Gasteiger partial charge in [-0.2, -0.15) is 0 Å². The van der Waals surface area contributed by atoms with Gasteiger partial charge in [-0.25, -0.2) is 0 Å². The molecule has 0 heterocycles. The van der Waals surface area contributed by atoms with E-state index in [1.54, 1.807) is 13.8 Å². The molecule has 0 atom stereocenters. The first-order chi connectivity index (χ1) is 11.3. The lowest BCUT2D eigenvalue weighted by molar-refractivity contribution is -0.138. The van der Waals surface area contributed by atoms with Crippen molar-refractivity contribution < 1.29 is 29.7 Å². The number of carbonyl (C=O) groups is 3. The molecule has 0 saturated heterocycles. The molecule has 0 saturated carbocycles. The molecule has 0 aliphatic carbocycles. The molecule has 0 aliphatic heterocycles. The van der Waals surface area contributed by atoms with Crippen molar-refractivity contribution in [2.45, 2.75) is 97.8 Å². The van der Waals surface area contributed by atoms with Gasteiger partial charge in [0.1, 0.15) is 0 Å². The maximum atomic E-state index is 10.2. The molecule has 3 N–H and O–H groups in total. The van der Waals surface area contributed by atoms with Crippen LogP contribution in [0.25, 0.3) is 0 Å². The molecule has 0 spiro atoms. The van der Waals surface area contributed by atoms with Crippen molar-refractivity contribution in [1.82, 2.24) is 0 Å². The second kappa shape index (κ2) is 23.7. The van der Waals surface area contributed by atoms with Gasteiger partial charge in [0, 0.05) is 19.3 Å². The monoisotopic (exact) mass is 348 g/mol. The van der Waals surface area contributed by atoms with E-state index in [-0.39, 0.29) is 12.8 Å². The summed E-state index contributed by atoms with van der Waals surface area (Å²) in [5.41, 5.74) is 0. The first kappa shape index (κ1) is 27.3. The Morgan fingerprint density at radius 2 is 0.833 bits per heavy atom. The largest absolute Gasteiger partial charge is 0.481 e. The van der Waals surface area contributed by atoms with E-state index in [2.05, 4.69) is 6.92 Å².